The van der Waals surface area contributed by atoms with Crippen molar-refractivity contribution in [2.45, 2.75) is 44.5 Å². The van der Waals surface area contributed by atoms with Crippen molar-refractivity contribution in [3.63, 3.8) is 0 Å². The molecule has 10 heteroatoms. The van der Waals surface area contributed by atoms with E-state index in [2.05, 4.69) is 16.0 Å². The number of likely N-dealkylation sites (N-methyl/N-ethyl adjacent to an activating group) is 1. The number of carbonyl (C=O) groups is 3. The van der Waals surface area contributed by atoms with Crippen LogP contribution in [-0.2, 0) is 25.5 Å². The Morgan fingerprint density at radius 1 is 1.06 bits per heavy atom. The van der Waals surface area contributed by atoms with E-state index in [9.17, 15) is 23.2 Å². The zero-order valence-corrected chi connectivity index (χ0v) is 20.1. The summed E-state index contributed by atoms with van der Waals surface area (Å²) >= 11 is 0. The first kappa shape index (κ1) is 26.2. The standard InChI is InChI=1S/C25H30F2N4O4/c1-14(28-3)23(32)29-20(15(2)35-4)25(34)31-13-12-16-8-5-6-9-17(16)22(31)24(33)30-21-18(26)10-7-11-19(21)27/h5-11,14-15,20,22,28H,12-13H2,1-4H3,(H,29,32)(H,30,33)/t14-,15+,20-,22?/m0/s1. The molecule has 0 bridgehead atoms. The van der Waals surface area contributed by atoms with Gasteiger partial charge < -0.3 is 25.6 Å². The van der Waals surface area contributed by atoms with E-state index in [1.807, 2.05) is 12.1 Å². The van der Waals surface area contributed by atoms with Gasteiger partial charge >= 0.3 is 0 Å². The minimum Gasteiger partial charge on any atom is -0.379 e. The average molecular weight is 489 g/mol. The Morgan fingerprint density at radius 3 is 2.34 bits per heavy atom. The van der Waals surface area contributed by atoms with Gasteiger partial charge in [0.15, 0.2) is 0 Å². The van der Waals surface area contributed by atoms with Crippen LogP contribution in [0.15, 0.2) is 42.5 Å². The molecule has 188 valence electrons. The molecule has 8 nitrogen and oxygen atoms in total. The number of hydrogen-bond donors (Lipinski definition) is 3. The van der Waals surface area contributed by atoms with Crippen LogP contribution < -0.4 is 16.0 Å². The number of methoxy groups -OCH3 is 1. The number of hydrogen-bond acceptors (Lipinski definition) is 5. The maximum absolute atomic E-state index is 14.3. The van der Waals surface area contributed by atoms with E-state index in [4.69, 9.17) is 4.74 Å². The summed E-state index contributed by atoms with van der Waals surface area (Å²) in [5, 5.41) is 7.82. The fourth-order valence-corrected chi connectivity index (χ4v) is 4.00. The second-order valence-electron chi connectivity index (χ2n) is 8.41. The number of nitrogens with one attached hydrogen (secondary N) is 3. The molecule has 0 saturated carbocycles. The maximum atomic E-state index is 14.3. The van der Waals surface area contributed by atoms with Crippen molar-refractivity contribution in [2.24, 2.45) is 0 Å². The highest BCUT2D eigenvalue weighted by Gasteiger charge is 2.41. The molecule has 1 aliphatic heterocycles. The predicted molar refractivity (Wildman–Crippen MR) is 127 cm³/mol. The number of rotatable bonds is 8. The monoisotopic (exact) mass is 488 g/mol. The van der Waals surface area contributed by atoms with E-state index < -0.39 is 59.3 Å². The first-order valence-corrected chi connectivity index (χ1v) is 11.3. The Labute approximate surface area is 203 Å². The van der Waals surface area contributed by atoms with Gasteiger partial charge in [0.1, 0.15) is 29.4 Å². The second-order valence-corrected chi connectivity index (χ2v) is 8.41. The molecule has 0 aliphatic carbocycles. The molecule has 0 aromatic heterocycles. The Balaban J connectivity index is 1.98. The van der Waals surface area contributed by atoms with Crippen LogP contribution in [0.2, 0.25) is 0 Å². The Kier molecular flexibility index (Phi) is 8.52. The van der Waals surface area contributed by atoms with Gasteiger partial charge in [0.2, 0.25) is 11.8 Å². The molecule has 0 spiro atoms. The second kappa shape index (κ2) is 11.4. The van der Waals surface area contributed by atoms with E-state index in [1.165, 1.54) is 18.1 Å². The van der Waals surface area contributed by atoms with Crippen molar-refractivity contribution >= 4 is 23.4 Å². The van der Waals surface area contributed by atoms with Crippen molar-refractivity contribution in [1.29, 1.82) is 0 Å². The molecule has 0 saturated heterocycles. The van der Waals surface area contributed by atoms with Crippen LogP contribution in [-0.4, -0.2) is 61.5 Å². The number of halogens is 2. The van der Waals surface area contributed by atoms with Crippen LogP contribution in [0.3, 0.4) is 0 Å². The quantitative estimate of drug-likeness (QED) is 0.529. The summed E-state index contributed by atoms with van der Waals surface area (Å²) in [4.78, 5) is 41.0. The molecule has 4 atom stereocenters. The zero-order valence-electron chi connectivity index (χ0n) is 20.1. The molecule has 2 aromatic rings. The lowest BCUT2D eigenvalue weighted by molar-refractivity contribution is -0.146. The Morgan fingerprint density at radius 2 is 1.71 bits per heavy atom. The molecule has 0 fully saturated rings. The third-order valence-electron chi connectivity index (χ3n) is 6.26. The predicted octanol–water partition coefficient (Wildman–Crippen LogP) is 2.16. The van der Waals surface area contributed by atoms with Gasteiger partial charge in [0, 0.05) is 13.7 Å². The minimum atomic E-state index is -1.17. The summed E-state index contributed by atoms with van der Waals surface area (Å²) in [6.07, 6.45) is -0.241. The van der Waals surface area contributed by atoms with Gasteiger partial charge in [0.05, 0.1) is 12.1 Å². The van der Waals surface area contributed by atoms with Gasteiger partial charge in [-0.25, -0.2) is 8.78 Å². The molecular weight excluding hydrogens is 458 g/mol. The Hall–Kier alpha value is -3.37. The molecule has 1 heterocycles. The normalized spacial score (nSPS) is 17.7. The highest BCUT2D eigenvalue weighted by Crippen LogP contribution is 2.32. The van der Waals surface area contributed by atoms with Crippen LogP contribution in [0.4, 0.5) is 14.5 Å². The number of nitrogens with zero attached hydrogens (tertiary/aromatic N) is 1. The molecule has 2 aromatic carbocycles. The van der Waals surface area contributed by atoms with E-state index in [-0.39, 0.29) is 6.54 Å². The van der Waals surface area contributed by atoms with E-state index in [0.29, 0.717) is 12.0 Å². The minimum absolute atomic E-state index is 0.165. The molecule has 35 heavy (non-hydrogen) atoms. The van der Waals surface area contributed by atoms with Crippen LogP contribution >= 0.6 is 0 Å². The third kappa shape index (κ3) is 5.66. The number of fused-ring (bicyclic) bond motifs is 1. The van der Waals surface area contributed by atoms with Crippen LogP contribution in [0.25, 0.3) is 0 Å². The van der Waals surface area contributed by atoms with Crippen molar-refractivity contribution < 1.29 is 27.9 Å². The first-order chi connectivity index (χ1) is 16.7. The first-order valence-electron chi connectivity index (χ1n) is 11.3. The number of ether oxygens (including phenoxy) is 1. The number of amides is 3. The van der Waals surface area contributed by atoms with Crippen LogP contribution in [0.5, 0.6) is 0 Å². The van der Waals surface area contributed by atoms with Gasteiger partial charge in [-0.3, -0.25) is 14.4 Å². The van der Waals surface area contributed by atoms with Crippen molar-refractivity contribution in [1.82, 2.24) is 15.5 Å². The van der Waals surface area contributed by atoms with Crippen LogP contribution in [0.1, 0.15) is 31.0 Å². The number of benzene rings is 2. The summed E-state index contributed by atoms with van der Waals surface area (Å²) in [7, 11) is 3.03. The molecule has 3 N–H and O–H groups in total. The largest absolute Gasteiger partial charge is 0.379 e. The van der Waals surface area contributed by atoms with E-state index >= 15 is 0 Å². The summed E-state index contributed by atoms with van der Waals surface area (Å²) in [6, 6.07) is 7.51. The van der Waals surface area contributed by atoms with Crippen molar-refractivity contribution in [3.8, 4) is 0 Å². The molecule has 3 rings (SSSR count). The van der Waals surface area contributed by atoms with Crippen molar-refractivity contribution in [2.75, 3.05) is 26.0 Å². The fraction of sp³-hybridized carbons (Fsp3) is 0.400. The summed E-state index contributed by atoms with van der Waals surface area (Å²) in [6.45, 7) is 3.44. The van der Waals surface area contributed by atoms with Gasteiger partial charge in [-0.15, -0.1) is 0 Å². The third-order valence-corrected chi connectivity index (χ3v) is 6.26. The lowest BCUT2D eigenvalue weighted by Crippen LogP contribution is -2.59. The van der Waals surface area contributed by atoms with Gasteiger partial charge in [-0.2, -0.15) is 0 Å². The molecule has 0 radical (unpaired) electrons. The SMILES string of the molecule is CN[C@@H](C)C(=O)N[C@H](C(=O)N1CCc2ccccc2C1C(=O)Nc1c(F)cccc1F)[C@@H](C)OC. The maximum Gasteiger partial charge on any atom is 0.251 e. The molecule has 1 aliphatic rings. The fourth-order valence-electron chi connectivity index (χ4n) is 4.00. The lowest BCUT2D eigenvalue weighted by Gasteiger charge is -2.39. The summed E-state index contributed by atoms with van der Waals surface area (Å²) in [5.74, 6) is -3.59. The van der Waals surface area contributed by atoms with Crippen LogP contribution in [0, 0.1) is 11.6 Å². The van der Waals surface area contributed by atoms with Crippen molar-refractivity contribution in [3.05, 3.63) is 65.2 Å². The smallest absolute Gasteiger partial charge is 0.251 e. The topological polar surface area (TPSA) is 99.8 Å². The van der Waals surface area contributed by atoms with E-state index in [1.54, 1.807) is 33.0 Å². The number of para-hydroxylation sites is 1. The molecular formula is C25H30F2N4O4. The zero-order chi connectivity index (χ0) is 25.7. The molecule has 1 unspecified atom stereocenters. The highest BCUT2D eigenvalue weighted by molar-refractivity contribution is 6.00. The number of carbonyl (C=O) groups excluding carboxylic acids is 3. The van der Waals surface area contributed by atoms with Gasteiger partial charge in [-0.05, 0) is 50.6 Å². The van der Waals surface area contributed by atoms with Gasteiger partial charge in [-0.1, -0.05) is 30.3 Å². The van der Waals surface area contributed by atoms with Gasteiger partial charge in [0.25, 0.3) is 5.91 Å². The summed E-state index contributed by atoms with van der Waals surface area (Å²) in [5.41, 5.74) is 0.792. The highest BCUT2D eigenvalue weighted by atomic mass is 19.1. The Bertz CT molecular complexity index is 1080. The molecule has 3 amide bonds. The average Bonchev–Trinajstić information content (AvgIpc) is 2.87. The number of anilines is 1. The summed E-state index contributed by atoms with van der Waals surface area (Å²) < 4.78 is 33.9. The van der Waals surface area contributed by atoms with E-state index in [0.717, 1.165) is 17.7 Å². The lowest BCUT2D eigenvalue weighted by atomic mass is 9.91.